The second kappa shape index (κ2) is 9.57. The Hall–Kier alpha value is -3.45. The lowest BCUT2D eigenvalue weighted by Gasteiger charge is -2.24. The van der Waals surface area contributed by atoms with Gasteiger partial charge in [0.1, 0.15) is 17.4 Å². The van der Waals surface area contributed by atoms with Crippen LogP contribution in [0.15, 0.2) is 60.7 Å². The standard InChI is InChI=1S/C24H27N5O2/c1-17-6-3-9-22(25-17)28-23-10-4-7-20(27-23)21-8-5-15-29(21)16-24(30)26-18-11-13-19(31-2)14-12-18/h3-4,6-7,9-14,21H,5,8,15-16H2,1-2H3,(H,26,30)(H,25,27,28). The number of hydrogen-bond donors (Lipinski definition) is 2. The molecule has 0 aliphatic carbocycles. The predicted molar refractivity (Wildman–Crippen MR) is 122 cm³/mol. The second-order valence-corrected chi connectivity index (χ2v) is 7.64. The molecule has 1 aliphatic rings. The second-order valence-electron chi connectivity index (χ2n) is 7.64. The van der Waals surface area contributed by atoms with E-state index in [1.165, 1.54) is 0 Å². The van der Waals surface area contributed by atoms with Crippen molar-refractivity contribution < 1.29 is 9.53 Å². The van der Waals surface area contributed by atoms with Gasteiger partial charge in [0, 0.05) is 11.4 Å². The van der Waals surface area contributed by atoms with Crippen molar-refractivity contribution in [2.45, 2.75) is 25.8 Å². The first-order valence-corrected chi connectivity index (χ1v) is 10.5. The Labute approximate surface area is 182 Å². The average molecular weight is 418 g/mol. The zero-order valence-corrected chi connectivity index (χ0v) is 17.8. The number of rotatable bonds is 7. The highest BCUT2D eigenvalue weighted by molar-refractivity contribution is 5.92. The van der Waals surface area contributed by atoms with E-state index < -0.39 is 0 Å². The number of anilines is 3. The zero-order chi connectivity index (χ0) is 21.6. The third kappa shape index (κ3) is 5.38. The maximum Gasteiger partial charge on any atom is 0.238 e. The molecule has 1 aliphatic heterocycles. The molecule has 1 aromatic carbocycles. The number of nitrogens with one attached hydrogen (secondary N) is 2. The van der Waals surface area contributed by atoms with Crippen LogP contribution in [0, 0.1) is 6.92 Å². The summed E-state index contributed by atoms with van der Waals surface area (Å²) in [4.78, 5) is 24.1. The molecule has 3 aromatic rings. The summed E-state index contributed by atoms with van der Waals surface area (Å²) in [6, 6.07) is 19.3. The summed E-state index contributed by atoms with van der Waals surface area (Å²) in [5.41, 5.74) is 2.68. The largest absolute Gasteiger partial charge is 0.497 e. The molecule has 7 heteroatoms. The van der Waals surface area contributed by atoms with Gasteiger partial charge in [-0.3, -0.25) is 9.69 Å². The number of ether oxygens (including phenoxy) is 1. The summed E-state index contributed by atoms with van der Waals surface area (Å²) < 4.78 is 5.16. The summed E-state index contributed by atoms with van der Waals surface area (Å²) in [6.07, 6.45) is 2.02. The van der Waals surface area contributed by atoms with Crippen molar-refractivity contribution in [3.63, 3.8) is 0 Å². The fraction of sp³-hybridized carbons (Fsp3) is 0.292. The first-order chi connectivity index (χ1) is 15.1. The van der Waals surface area contributed by atoms with E-state index in [4.69, 9.17) is 9.72 Å². The van der Waals surface area contributed by atoms with Gasteiger partial charge in [-0.1, -0.05) is 12.1 Å². The van der Waals surface area contributed by atoms with Crippen molar-refractivity contribution >= 4 is 23.2 Å². The van der Waals surface area contributed by atoms with E-state index in [1.807, 2.05) is 67.6 Å². The first kappa shape index (κ1) is 20.8. The van der Waals surface area contributed by atoms with Gasteiger partial charge in [-0.15, -0.1) is 0 Å². The van der Waals surface area contributed by atoms with Gasteiger partial charge in [-0.05, 0) is 74.8 Å². The van der Waals surface area contributed by atoms with Gasteiger partial charge in [0.2, 0.25) is 5.91 Å². The fourth-order valence-corrected chi connectivity index (χ4v) is 3.86. The number of nitrogens with zero attached hydrogens (tertiary/aromatic N) is 3. The Kier molecular flexibility index (Phi) is 6.43. The Morgan fingerprint density at radius 1 is 1.06 bits per heavy atom. The van der Waals surface area contributed by atoms with Gasteiger partial charge < -0.3 is 15.4 Å². The van der Waals surface area contributed by atoms with E-state index >= 15 is 0 Å². The van der Waals surface area contributed by atoms with Crippen LogP contribution in [0.5, 0.6) is 5.75 Å². The maximum atomic E-state index is 12.6. The number of amides is 1. The molecule has 160 valence electrons. The molecule has 1 fully saturated rings. The minimum Gasteiger partial charge on any atom is -0.497 e. The van der Waals surface area contributed by atoms with E-state index in [-0.39, 0.29) is 11.9 Å². The van der Waals surface area contributed by atoms with Crippen molar-refractivity contribution in [3.8, 4) is 5.75 Å². The number of pyridine rings is 2. The van der Waals surface area contributed by atoms with E-state index in [0.717, 1.165) is 53.8 Å². The van der Waals surface area contributed by atoms with Crippen molar-refractivity contribution in [2.75, 3.05) is 30.8 Å². The van der Waals surface area contributed by atoms with Crippen LogP contribution in [-0.2, 0) is 4.79 Å². The lowest BCUT2D eigenvalue weighted by atomic mass is 10.1. The summed E-state index contributed by atoms with van der Waals surface area (Å²) in [6.45, 7) is 3.16. The zero-order valence-electron chi connectivity index (χ0n) is 17.8. The molecule has 1 amide bonds. The molecule has 7 nitrogen and oxygen atoms in total. The highest BCUT2D eigenvalue weighted by Gasteiger charge is 2.28. The lowest BCUT2D eigenvalue weighted by Crippen LogP contribution is -2.33. The molecule has 31 heavy (non-hydrogen) atoms. The van der Waals surface area contributed by atoms with Crippen LogP contribution in [0.2, 0.25) is 0 Å². The molecule has 0 bridgehead atoms. The first-order valence-electron chi connectivity index (χ1n) is 10.5. The minimum atomic E-state index is -0.0321. The normalized spacial score (nSPS) is 16.1. The van der Waals surface area contributed by atoms with Gasteiger partial charge in [0.15, 0.2) is 0 Å². The van der Waals surface area contributed by atoms with E-state index in [9.17, 15) is 4.79 Å². The van der Waals surface area contributed by atoms with Crippen LogP contribution in [0.4, 0.5) is 17.3 Å². The molecule has 4 rings (SSSR count). The molecule has 2 N–H and O–H groups in total. The number of methoxy groups -OCH3 is 1. The van der Waals surface area contributed by atoms with Gasteiger partial charge in [0.25, 0.3) is 0 Å². The Morgan fingerprint density at radius 2 is 1.81 bits per heavy atom. The van der Waals surface area contributed by atoms with Crippen LogP contribution in [0.3, 0.4) is 0 Å². The number of benzene rings is 1. The molecule has 1 saturated heterocycles. The van der Waals surface area contributed by atoms with Gasteiger partial charge >= 0.3 is 0 Å². The third-order valence-electron chi connectivity index (χ3n) is 5.34. The van der Waals surface area contributed by atoms with E-state index in [0.29, 0.717) is 6.54 Å². The highest BCUT2D eigenvalue weighted by Crippen LogP contribution is 2.31. The SMILES string of the molecule is COc1ccc(NC(=O)CN2CCCC2c2cccc(Nc3cccc(C)n3)n2)cc1. The molecule has 0 radical (unpaired) electrons. The highest BCUT2D eigenvalue weighted by atomic mass is 16.5. The molecule has 1 atom stereocenters. The van der Waals surface area contributed by atoms with Crippen molar-refractivity contribution in [2.24, 2.45) is 0 Å². The minimum absolute atomic E-state index is 0.0321. The number of aromatic nitrogens is 2. The smallest absolute Gasteiger partial charge is 0.238 e. The molecule has 2 aromatic heterocycles. The molecule has 0 saturated carbocycles. The lowest BCUT2D eigenvalue weighted by molar-refractivity contribution is -0.117. The van der Waals surface area contributed by atoms with E-state index in [2.05, 4.69) is 20.5 Å². The number of likely N-dealkylation sites (tertiary alicyclic amines) is 1. The van der Waals surface area contributed by atoms with Crippen LogP contribution in [0.25, 0.3) is 0 Å². The predicted octanol–water partition coefficient (Wildman–Crippen LogP) is 4.31. The number of hydrogen-bond acceptors (Lipinski definition) is 6. The number of aryl methyl sites for hydroxylation is 1. The Morgan fingerprint density at radius 3 is 2.55 bits per heavy atom. The fourth-order valence-electron chi connectivity index (χ4n) is 3.86. The van der Waals surface area contributed by atoms with Crippen molar-refractivity contribution in [1.82, 2.24) is 14.9 Å². The van der Waals surface area contributed by atoms with Gasteiger partial charge in [-0.2, -0.15) is 0 Å². The number of carbonyl (C=O) groups is 1. The summed E-state index contributed by atoms with van der Waals surface area (Å²) in [5.74, 6) is 2.25. The monoisotopic (exact) mass is 417 g/mol. The molecule has 0 spiro atoms. The summed E-state index contributed by atoms with van der Waals surface area (Å²) in [5, 5.41) is 6.24. The molecular formula is C24H27N5O2. The van der Waals surface area contributed by atoms with Gasteiger partial charge in [-0.25, -0.2) is 9.97 Å². The van der Waals surface area contributed by atoms with E-state index in [1.54, 1.807) is 7.11 Å². The Balaban J connectivity index is 1.41. The summed E-state index contributed by atoms with van der Waals surface area (Å²) >= 11 is 0. The molecular weight excluding hydrogens is 390 g/mol. The molecule has 3 heterocycles. The molecule has 1 unspecified atom stereocenters. The summed E-state index contributed by atoms with van der Waals surface area (Å²) in [7, 11) is 1.62. The quantitative estimate of drug-likeness (QED) is 0.596. The van der Waals surface area contributed by atoms with Crippen molar-refractivity contribution in [3.05, 3.63) is 72.1 Å². The van der Waals surface area contributed by atoms with Gasteiger partial charge in [0.05, 0.1) is 25.4 Å². The van der Waals surface area contributed by atoms with Crippen LogP contribution in [-0.4, -0.2) is 41.0 Å². The Bertz CT molecular complexity index is 1040. The van der Waals surface area contributed by atoms with Crippen LogP contribution < -0.4 is 15.4 Å². The number of carbonyl (C=O) groups excluding carboxylic acids is 1. The van der Waals surface area contributed by atoms with Crippen LogP contribution >= 0.6 is 0 Å². The topological polar surface area (TPSA) is 79.4 Å². The van der Waals surface area contributed by atoms with Crippen molar-refractivity contribution in [1.29, 1.82) is 0 Å². The average Bonchev–Trinajstić information content (AvgIpc) is 3.22. The maximum absolute atomic E-state index is 12.6. The third-order valence-corrected chi connectivity index (χ3v) is 5.34. The van der Waals surface area contributed by atoms with Crippen LogP contribution in [0.1, 0.15) is 30.3 Å².